The molecule has 0 bridgehead atoms. The quantitative estimate of drug-likeness (QED) is 0.381. The van der Waals surface area contributed by atoms with E-state index < -0.39 is 0 Å². The number of benzene rings is 1. The first-order valence-corrected chi connectivity index (χ1v) is 5.60. The van der Waals surface area contributed by atoms with E-state index in [4.69, 9.17) is 17.4 Å². The van der Waals surface area contributed by atoms with Gasteiger partial charge in [0.2, 0.25) is 0 Å². The van der Waals surface area contributed by atoms with Crippen LogP contribution in [0.5, 0.6) is 0 Å². The van der Waals surface area contributed by atoms with E-state index >= 15 is 0 Å². The van der Waals surface area contributed by atoms with Crippen molar-refractivity contribution in [2.45, 2.75) is 6.92 Å². The molecule has 86 valence electrons. The van der Waals surface area contributed by atoms with E-state index in [-0.39, 0.29) is 0 Å². The van der Waals surface area contributed by atoms with Crippen LogP contribution in [-0.4, -0.2) is 16.0 Å². The van der Waals surface area contributed by atoms with Crippen LogP contribution in [-0.2, 0) is 0 Å². The van der Waals surface area contributed by atoms with Gasteiger partial charge < -0.3 is 9.77 Å². The molecule has 0 saturated heterocycles. The zero-order valence-corrected chi connectivity index (χ0v) is 10.2. The Morgan fingerprint density at radius 1 is 1.24 bits per heavy atom. The summed E-state index contributed by atoms with van der Waals surface area (Å²) in [5.41, 5.74) is 2.89. The SMILES string of the molecule is Cc1ccccc1-n1cccc(/C=N/O)c1=S. The fourth-order valence-corrected chi connectivity index (χ4v) is 1.97. The van der Waals surface area contributed by atoms with E-state index in [2.05, 4.69) is 5.16 Å². The number of para-hydroxylation sites is 1. The molecule has 0 unspecified atom stereocenters. The van der Waals surface area contributed by atoms with Crippen LogP contribution in [0.2, 0.25) is 0 Å². The van der Waals surface area contributed by atoms with Crippen molar-refractivity contribution in [1.82, 2.24) is 4.57 Å². The summed E-state index contributed by atoms with van der Waals surface area (Å²) in [6.45, 7) is 2.03. The van der Waals surface area contributed by atoms with Crippen molar-refractivity contribution in [2.75, 3.05) is 0 Å². The summed E-state index contributed by atoms with van der Waals surface area (Å²) in [5.74, 6) is 0. The van der Waals surface area contributed by atoms with Gasteiger partial charge in [-0.1, -0.05) is 35.6 Å². The third-order valence-electron chi connectivity index (χ3n) is 2.55. The second-order valence-corrected chi connectivity index (χ2v) is 4.06. The number of aromatic nitrogens is 1. The van der Waals surface area contributed by atoms with Crippen molar-refractivity contribution < 1.29 is 5.21 Å². The van der Waals surface area contributed by atoms with Crippen molar-refractivity contribution >= 4 is 18.4 Å². The molecule has 1 N–H and O–H groups in total. The zero-order valence-electron chi connectivity index (χ0n) is 9.37. The number of hydrogen-bond donors (Lipinski definition) is 1. The molecular weight excluding hydrogens is 232 g/mol. The highest BCUT2D eigenvalue weighted by Crippen LogP contribution is 2.15. The highest BCUT2D eigenvalue weighted by molar-refractivity contribution is 7.71. The van der Waals surface area contributed by atoms with Gasteiger partial charge in [-0.3, -0.25) is 0 Å². The molecule has 0 fully saturated rings. The summed E-state index contributed by atoms with van der Waals surface area (Å²) in [4.78, 5) is 0. The van der Waals surface area contributed by atoms with Gasteiger partial charge in [0.05, 0.1) is 6.21 Å². The minimum atomic E-state index is 0.625. The van der Waals surface area contributed by atoms with Crippen molar-refractivity contribution in [3.63, 3.8) is 0 Å². The van der Waals surface area contributed by atoms with Crippen molar-refractivity contribution in [1.29, 1.82) is 0 Å². The van der Waals surface area contributed by atoms with E-state index in [9.17, 15) is 0 Å². The van der Waals surface area contributed by atoms with Gasteiger partial charge >= 0.3 is 0 Å². The predicted molar refractivity (Wildman–Crippen MR) is 70.7 cm³/mol. The molecule has 3 nitrogen and oxygen atoms in total. The van der Waals surface area contributed by atoms with E-state index in [1.165, 1.54) is 6.21 Å². The van der Waals surface area contributed by atoms with Crippen LogP contribution < -0.4 is 0 Å². The molecule has 0 aliphatic carbocycles. The number of oxime groups is 1. The number of hydrogen-bond acceptors (Lipinski definition) is 3. The second-order valence-electron chi connectivity index (χ2n) is 3.67. The third-order valence-corrected chi connectivity index (χ3v) is 2.98. The number of nitrogens with zero attached hydrogens (tertiary/aromatic N) is 2. The lowest BCUT2D eigenvalue weighted by Gasteiger charge is -2.10. The Balaban J connectivity index is 2.66. The normalized spacial score (nSPS) is 10.9. The van der Waals surface area contributed by atoms with Gasteiger partial charge in [0.15, 0.2) is 0 Å². The average Bonchev–Trinajstić information content (AvgIpc) is 2.33. The highest BCUT2D eigenvalue weighted by Gasteiger charge is 2.02. The lowest BCUT2D eigenvalue weighted by Crippen LogP contribution is -2.01. The van der Waals surface area contributed by atoms with Crippen LogP contribution in [0.3, 0.4) is 0 Å². The molecule has 0 atom stereocenters. The molecule has 0 radical (unpaired) electrons. The van der Waals surface area contributed by atoms with Gasteiger partial charge in [-0.15, -0.1) is 0 Å². The van der Waals surface area contributed by atoms with Gasteiger partial charge in [-0.25, -0.2) is 0 Å². The molecule has 2 aromatic rings. The fraction of sp³-hybridized carbons (Fsp3) is 0.0769. The Morgan fingerprint density at radius 2 is 2.00 bits per heavy atom. The summed E-state index contributed by atoms with van der Waals surface area (Å²) >= 11 is 5.36. The monoisotopic (exact) mass is 244 g/mol. The molecular formula is C13H12N2OS. The second kappa shape index (κ2) is 4.93. The van der Waals surface area contributed by atoms with Crippen LogP contribution in [0, 0.1) is 11.6 Å². The standard InChI is InChI=1S/C13H12N2OS/c1-10-5-2-3-7-12(10)15-8-4-6-11(9-14-16)13(15)17/h2-9,16H,1H3/b14-9+. The Labute approximate surface area is 105 Å². The maximum Gasteiger partial charge on any atom is 0.119 e. The van der Waals surface area contributed by atoms with Crippen molar-refractivity contribution in [2.24, 2.45) is 5.16 Å². The fourth-order valence-electron chi connectivity index (χ4n) is 1.69. The van der Waals surface area contributed by atoms with Gasteiger partial charge in [-0.2, -0.15) is 0 Å². The summed E-state index contributed by atoms with van der Waals surface area (Å²) in [6.07, 6.45) is 3.25. The summed E-state index contributed by atoms with van der Waals surface area (Å²) < 4.78 is 2.53. The summed E-state index contributed by atoms with van der Waals surface area (Å²) in [7, 11) is 0. The summed E-state index contributed by atoms with van der Waals surface area (Å²) in [5, 5.41) is 11.6. The molecule has 0 saturated carbocycles. The molecule has 0 spiro atoms. The van der Waals surface area contributed by atoms with E-state index in [1.807, 2.05) is 54.1 Å². The molecule has 1 heterocycles. The first kappa shape index (κ1) is 11.5. The van der Waals surface area contributed by atoms with E-state index in [0.717, 1.165) is 11.3 Å². The topological polar surface area (TPSA) is 37.5 Å². The lowest BCUT2D eigenvalue weighted by molar-refractivity contribution is 0.322. The molecule has 4 heteroatoms. The zero-order chi connectivity index (χ0) is 12.3. The number of pyridine rings is 1. The summed E-state index contributed by atoms with van der Waals surface area (Å²) in [6, 6.07) is 11.7. The van der Waals surface area contributed by atoms with Crippen molar-refractivity contribution in [3.8, 4) is 5.69 Å². The van der Waals surface area contributed by atoms with Gasteiger partial charge in [0.1, 0.15) is 4.64 Å². The Kier molecular flexibility index (Phi) is 3.35. The molecule has 0 aliphatic heterocycles. The Bertz CT molecular complexity index is 617. The van der Waals surface area contributed by atoms with Crippen LogP contribution in [0.4, 0.5) is 0 Å². The molecule has 17 heavy (non-hydrogen) atoms. The Hall–Kier alpha value is -1.94. The smallest absolute Gasteiger partial charge is 0.119 e. The van der Waals surface area contributed by atoms with Crippen molar-refractivity contribution in [3.05, 3.63) is 58.4 Å². The molecule has 1 aromatic heterocycles. The maximum atomic E-state index is 8.57. The Morgan fingerprint density at radius 3 is 2.71 bits per heavy atom. The minimum Gasteiger partial charge on any atom is -0.411 e. The molecule has 2 rings (SSSR count). The number of aryl methyl sites for hydroxylation is 1. The largest absolute Gasteiger partial charge is 0.411 e. The van der Waals surface area contributed by atoms with E-state index in [0.29, 0.717) is 10.2 Å². The van der Waals surface area contributed by atoms with Crippen LogP contribution in [0.25, 0.3) is 5.69 Å². The first-order valence-electron chi connectivity index (χ1n) is 5.19. The van der Waals surface area contributed by atoms with Gasteiger partial charge in [0, 0.05) is 17.4 Å². The van der Waals surface area contributed by atoms with Gasteiger partial charge in [0.25, 0.3) is 0 Å². The minimum absolute atomic E-state index is 0.625. The predicted octanol–water partition coefficient (Wildman–Crippen LogP) is 3.32. The first-order chi connectivity index (χ1) is 8.24. The molecule has 0 aliphatic rings. The lowest BCUT2D eigenvalue weighted by atomic mass is 10.2. The number of rotatable bonds is 2. The van der Waals surface area contributed by atoms with E-state index in [1.54, 1.807) is 0 Å². The molecule has 0 amide bonds. The molecule has 1 aromatic carbocycles. The van der Waals surface area contributed by atoms with Crippen LogP contribution >= 0.6 is 12.2 Å². The third kappa shape index (κ3) is 2.26. The van der Waals surface area contributed by atoms with Crippen LogP contribution in [0.1, 0.15) is 11.1 Å². The van der Waals surface area contributed by atoms with Gasteiger partial charge in [-0.05, 0) is 30.7 Å². The maximum absolute atomic E-state index is 8.57. The van der Waals surface area contributed by atoms with Crippen LogP contribution in [0.15, 0.2) is 47.8 Å². The highest BCUT2D eigenvalue weighted by atomic mass is 32.1. The average molecular weight is 244 g/mol.